The summed E-state index contributed by atoms with van der Waals surface area (Å²) in [5, 5.41) is 5.69. The van der Waals surface area contributed by atoms with E-state index in [1.165, 1.54) is 5.56 Å². The van der Waals surface area contributed by atoms with Gasteiger partial charge in [0.05, 0.1) is 7.11 Å². The van der Waals surface area contributed by atoms with E-state index in [9.17, 15) is 4.79 Å². The third-order valence-corrected chi connectivity index (χ3v) is 2.99. The monoisotopic (exact) mass is 234 g/mol. The maximum Gasteiger partial charge on any atom is 0.315 e. The van der Waals surface area contributed by atoms with Crippen molar-refractivity contribution >= 4 is 6.03 Å². The lowest BCUT2D eigenvalue weighted by molar-refractivity contribution is 0.241. The van der Waals surface area contributed by atoms with Gasteiger partial charge in [0.2, 0.25) is 0 Å². The van der Waals surface area contributed by atoms with Crippen LogP contribution in [0.2, 0.25) is 0 Å². The molecular formula is C13H18N2O2. The Kier molecular flexibility index (Phi) is 3.52. The molecule has 1 aromatic rings. The Labute approximate surface area is 101 Å². The summed E-state index contributed by atoms with van der Waals surface area (Å²) in [5.41, 5.74) is 1.26. The van der Waals surface area contributed by atoms with Gasteiger partial charge in [-0.2, -0.15) is 0 Å². The van der Waals surface area contributed by atoms with Crippen molar-refractivity contribution in [2.24, 2.45) is 0 Å². The molecule has 0 bridgehead atoms. The second-order valence-electron chi connectivity index (χ2n) is 4.23. The van der Waals surface area contributed by atoms with Crippen molar-refractivity contribution in [2.45, 2.75) is 25.3 Å². The molecule has 4 heteroatoms. The van der Waals surface area contributed by atoms with E-state index in [2.05, 4.69) is 22.8 Å². The minimum absolute atomic E-state index is 0.0755. The summed E-state index contributed by atoms with van der Waals surface area (Å²) in [6.07, 6.45) is 1.02. The van der Waals surface area contributed by atoms with Gasteiger partial charge in [0, 0.05) is 18.5 Å². The van der Waals surface area contributed by atoms with Gasteiger partial charge in [-0.05, 0) is 31.0 Å². The molecular weight excluding hydrogens is 216 g/mol. The molecule has 0 radical (unpaired) electrons. The largest absolute Gasteiger partial charge is 0.497 e. The van der Waals surface area contributed by atoms with Crippen molar-refractivity contribution in [2.75, 3.05) is 13.7 Å². The molecule has 1 aliphatic rings. The average Bonchev–Trinajstić information content (AvgIpc) is 3.09. The smallest absolute Gasteiger partial charge is 0.315 e. The molecule has 4 nitrogen and oxygen atoms in total. The van der Waals surface area contributed by atoms with E-state index in [4.69, 9.17) is 4.74 Å². The van der Waals surface area contributed by atoms with Crippen LogP contribution in [0, 0.1) is 0 Å². The van der Waals surface area contributed by atoms with E-state index in [1.54, 1.807) is 7.11 Å². The number of urea groups is 1. The Morgan fingerprint density at radius 2 is 2.12 bits per heavy atom. The fraction of sp³-hybridized carbons (Fsp3) is 0.462. The van der Waals surface area contributed by atoms with Gasteiger partial charge in [-0.15, -0.1) is 0 Å². The fourth-order valence-corrected chi connectivity index (χ4v) is 1.95. The number of rotatable bonds is 4. The minimum Gasteiger partial charge on any atom is -0.497 e. The Hall–Kier alpha value is -1.71. The molecule has 0 unspecified atom stereocenters. The summed E-state index contributed by atoms with van der Waals surface area (Å²) < 4.78 is 5.11. The lowest BCUT2D eigenvalue weighted by Crippen LogP contribution is -2.37. The molecule has 0 aromatic heterocycles. The van der Waals surface area contributed by atoms with Crippen LogP contribution in [0.15, 0.2) is 24.3 Å². The highest BCUT2D eigenvalue weighted by Gasteiger charge is 2.39. The van der Waals surface area contributed by atoms with Gasteiger partial charge in [0.25, 0.3) is 0 Å². The third-order valence-electron chi connectivity index (χ3n) is 2.99. The van der Waals surface area contributed by atoms with E-state index in [0.29, 0.717) is 12.5 Å². The highest BCUT2D eigenvalue weighted by atomic mass is 16.5. The van der Waals surface area contributed by atoms with E-state index < -0.39 is 0 Å². The van der Waals surface area contributed by atoms with E-state index in [0.717, 1.165) is 12.2 Å². The molecule has 1 aliphatic carbocycles. The molecule has 92 valence electrons. The summed E-state index contributed by atoms with van der Waals surface area (Å²) in [6, 6.07) is 8.22. The van der Waals surface area contributed by atoms with Crippen LogP contribution in [0.25, 0.3) is 0 Å². The fourth-order valence-electron chi connectivity index (χ4n) is 1.95. The van der Waals surface area contributed by atoms with Crippen molar-refractivity contribution in [1.82, 2.24) is 10.6 Å². The predicted octanol–water partition coefficient (Wildman–Crippen LogP) is 1.87. The molecule has 0 spiro atoms. The number of ether oxygens (including phenoxy) is 1. The Bertz CT molecular complexity index is 389. The first-order valence-electron chi connectivity index (χ1n) is 5.93. The van der Waals surface area contributed by atoms with Crippen molar-refractivity contribution in [3.05, 3.63) is 29.8 Å². The quantitative estimate of drug-likeness (QED) is 0.835. The number of carbonyl (C=O) groups excluding carboxylic acids is 1. The standard InChI is InChI=1S/C13H18N2O2/c1-3-14-13(16)15-12-8-11(12)9-4-6-10(17-2)7-5-9/h4-7,11-12H,3,8H2,1-2H3,(H2,14,15,16)/t11-,12-/m0/s1. The first-order valence-corrected chi connectivity index (χ1v) is 5.93. The number of nitrogens with one attached hydrogen (secondary N) is 2. The number of carbonyl (C=O) groups is 1. The summed E-state index contributed by atoms with van der Waals surface area (Å²) in [5.74, 6) is 1.31. The van der Waals surface area contributed by atoms with E-state index in [1.807, 2.05) is 19.1 Å². The van der Waals surface area contributed by atoms with Gasteiger partial charge in [-0.3, -0.25) is 0 Å². The second-order valence-corrected chi connectivity index (χ2v) is 4.23. The van der Waals surface area contributed by atoms with Crippen LogP contribution >= 0.6 is 0 Å². The number of amides is 2. The Balaban J connectivity index is 1.87. The zero-order valence-corrected chi connectivity index (χ0v) is 10.2. The zero-order valence-electron chi connectivity index (χ0n) is 10.2. The van der Waals surface area contributed by atoms with Gasteiger partial charge in [-0.25, -0.2) is 4.79 Å². The number of hydrogen-bond acceptors (Lipinski definition) is 2. The first kappa shape index (κ1) is 11.8. The molecule has 2 amide bonds. The molecule has 1 saturated carbocycles. The summed E-state index contributed by atoms with van der Waals surface area (Å²) in [6.45, 7) is 2.57. The van der Waals surface area contributed by atoms with Gasteiger partial charge in [0.1, 0.15) is 5.75 Å². The Morgan fingerprint density at radius 3 is 2.71 bits per heavy atom. The van der Waals surface area contributed by atoms with Crippen LogP contribution in [-0.4, -0.2) is 25.7 Å². The lowest BCUT2D eigenvalue weighted by atomic mass is 10.1. The molecule has 1 aromatic carbocycles. The molecule has 2 atom stereocenters. The minimum atomic E-state index is -0.0755. The lowest BCUT2D eigenvalue weighted by Gasteiger charge is -2.06. The van der Waals surface area contributed by atoms with Crippen LogP contribution in [0.5, 0.6) is 5.75 Å². The number of methoxy groups -OCH3 is 1. The van der Waals surface area contributed by atoms with Crippen LogP contribution in [0.4, 0.5) is 4.79 Å². The topological polar surface area (TPSA) is 50.4 Å². The predicted molar refractivity (Wildman–Crippen MR) is 66.3 cm³/mol. The van der Waals surface area contributed by atoms with Gasteiger partial charge in [-0.1, -0.05) is 12.1 Å². The number of hydrogen-bond donors (Lipinski definition) is 2. The first-order chi connectivity index (χ1) is 8.24. The van der Waals surface area contributed by atoms with Crippen LogP contribution in [0.3, 0.4) is 0 Å². The van der Waals surface area contributed by atoms with E-state index >= 15 is 0 Å². The molecule has 17 heavy (non-hydrogen) atoms. The van der Waals surface area contributed by atoms with Gasteiger partial charge >= 0.3 is 6.03 Å². The zero-order chi connectivity index (χ0) is 12.3. The molecule has 0 heterocycles. The van der Waals surface area contributed by atoms with Crippen LogP contribution in [-0.2, 0) is 0 Å². The highest BCUT2D eigenvalue weighted by molar-refractivity contribution is 5.74. The molecule has 0 aliphatic heterocycles. The van der Waals surface area contributed by atoms with E-state index in [-0.39, 0.29) is 12.1 Å². The average molecular weight is 234 g/mol. The summed E-state index contributed by atoms with van der Waals surface area (Å²) >= 11 is 0. The summed E-state index contributed by atoms with van der Waals surface area (Å²) in [7, 11) is 1.66. The molecule has 2 N–H and O–H groups in total. The van der Waals surface area contributed by atoms with Crippen molar-refractivity contribution in [3.63, 3.8) is 0 Å². The molecule has 1 fully saturated rings. The normalized spacial score (nSPS) is 21.8. The van der Waals surface area contributed by atoms with Crippen molar-refractivity contribution in [1.29, 1.82) is 0 Å². The van der Waals surface area contributed by atoms with Crippen molar-refractivity contribution in [3.8, 4) is 5.75 Å². The van der Waals surface area contributed by atoms with Gasteiger partial charge < -0.3 is 15.4 Å². The number of benzene rings is 1. The Morgan fingerprint density at radius 1 is 1.41 bits per heavy atom. The summed E-state index contributed by atoms with van der Waals surface area (Å²) in [4.78, 5) is 11.3. The second kappa shape index (κ2) is 5.08. The maximum absolute atomic E-state index is 11.3. The SMILES string of the molecule is CCNC(=O)N[C@H]1C[C@H]1c1ccc(OC)cc1. The van der Waals surface area contributed by atoms with Crippen LogP contribution < -0.4 is 15.4 Å². The highest BCUT2D eigenvalue weighted by Crippen LogP contribution is 2.41. The van der Waals surface area contributed by atoms with Crippen molar-refractivity contribution < 1.29 is 9.53 Å². The molecule has 2 rings (SSSR count). The van der Waals surface area contributed by atoms with Crippen LogP contribution in [0.1, 0.15) is 24.8 Å². The molecule has 0 saturated heterocycles. The van der Waals surface area contributed by atoms with Gasteiger partial charge in [0.15, 0.2) is 0 Å². The third kappa shape index (κ3) is 2.90. The maximum atomic E-state index is 11.3.